The molecule has 1 heterocycles. The van der Waals surface area contributed by atoms with Crippen LogP contribution in [0.3, 0.4) is 0 Å². The molecule has 0 amide bonds. The minimum atomic E-state index is 0.104. The van der Waals surface area contributed by atoms with Gasteiger partial charge in [-0.2, -0.15) is 0 Å². The van der Waals surface area contributed by atoms with E-state index in [1.54, 1.807) is 0 Å². The second-order valence-corrected chi connectivity index (χ2v) is 8.44. The summed E-state index contributed by atoms with van der Waals surface area (Å²) in [6.45, 7) is 12.2. The number of pyridine rings is 1. The van der Waals surface area contributed by atoms with Crippen molar-refractivity contribution >= 4 is 26.8 Å². The van der Waals surface area contributed by atoms with E-state index >= 15 is 0 Å². The van der Waals surface area contributed by atoms with Crippen LogP contribution in [0.5, 0.6) is 0 Å². The maximum absolute atomic E-state index is 4.55. The van der Waals surface area contributed by atoms with Crippen LogP contribution < -0.4 is 5.32 Å². The van der Waals surface area contributed by atoms with Crippen LogP contribution in [0.1, 0.15) is 46.6 Å². The van der Waals surface area contributed by atoms with Gasteiger partial charge in [-0.15, -0.1) is 0 Å². The SMILES string of the molecule is CC(C)(C)CC(C)(C)NCc1ccc(Br)c2cccnc12. The molecular formula is C18H25BrN2. The Morgan fingerprint density at radius 3 is 2.48 bits per heavy atom. The molecule has 0 bridgehead atoms. The summed E-state index contributed by atoms with van der Waals surface area (Å²) in [6, 6.07) is 8.35. The van der Waals surface area contributed by atoms with E-state index in [2.05, 4.69) is 79.0 Å². The van der Waals surface area contributed by atoms with E-state index in [9.17, 15) is 0 Å². The Bertz CT molecular complexity index is 627. The Hall–Kier alpha value is -0.930. The first kappa shape index (κ1) is 16.4. The first-order chi connectivity index (χ1) is 9.68. The molecule has 0 saturated carbocycles. The first-order valence-electron chi connectivity index (χ1n) is 7.45. The summed E-state index contributed by atoms with van der Waals surface area (Å²) < 4.78 is 1.10. The first-order valence-corrected chi connectivity index (χ1v) is 8.24. The van der Waals surface area contributed by atoms with E-state index in [0.29, 0.717) is 5.41 Å². The van der Waals surface area contributed by atoms with Crippen molar-refractivity contribution in [1.82, 2.24) is 10.3 Å². The second kappa shape index (κ2) is 6.05. The average Bonchev–Trinajstić information content (AvgIpc) is 2.35. The fourth-order valence-corrected chi connectivity index (χ4v) is 3.51. The van der Waals surface area contributed by atoms with Crippen LogP contribution in [0.2, 0.25) is 0 Å². The van der Waals surface area contributed by atoms with Crippen molar-refractivity contribution in [1.29, 1.82) is 0 Å². The van der Waals surface area contributed by atoms with Gasteiger partial charge in [-0.3, -0.25) is 4.98 Å². The molecule has 1 aromatic heterocycles. The third-order valence-corrected chi connectivity index (χ3v) is 4.22. The van der Waals surface area contributed by atoms with E-state index in [1.165, 1.54) is 10.9 Å². The van der Waals surface area contributed by atoms with Crippen LogP contribution in [0, 0.1) is 5.41 Å². The number of nitrogens with one attached hydrogen (secondary N) is 1. The zero-order chi connectivity index (χ0) is 15.7. The molecule has 0 spiro atoms. The van der Waals surface area contributed by atoms with Crippen LogP contribution in [-0.4, -0.2) is 10.5 Å². The van der Waals surface area contributed by atoms with Crippen molar-refractivity contribution in [3.05, 3.63) is 40.5 Å². The summed E-state index contributed by atoms with van der Waals surface area (Å²) in [5.74, 6) is 0. The molecule has 0 radical (unpaired) electrons. The summed E-state index contributed by atoms with van der Waals surface area (Å²) in [5, 5.41) is 4.86. The molecule has 3 heteroatoms. The quantitative estimate of drug-likeness (QED) is 0.810. The van der Waals surface area contributed by atoms with Gasteiger partial charge in [-0.25, -0.2) is 0 Å². The minimum absolute atomic E-state index is 0.104. The standard InChI is InChI=1S/C18H25BrN2/c1-17(2,3)12-18(4,5)21-11-13-8-9-15(19)14-7-6-10-20-16(13)14/h6-10,21H,11-12H2,1-5H3. The number of nitrogens with zero attached hydrogens (tertiary/aromatic N) is 1. The third kappa shape index (κ3) is 4.52. The van der Waals surface area contributed by atoms with E-state index in [-0.39, 0.29) is 5.54 Å². The lowest BCUT2D eigenvalue weighted by atomic mass is 9.81. The normalized spacial score (nSPS) is 12.9. The second-order valence-electron chi connectivity index (χ2n) is 7.58. The number of halogens is 1. The molecule has 0 aliphatic rings. The molecule has 0 saturated heterocycles. The van der Waals surface area contributed by atoms with E-state index in [1.807, 2.05) is 12.3 Å². The van der Waals surface area contributed by atoms with Gasteiger partial charge in [0.25, 0.3) is 0 Å². The molecule has 0 aliphatic heterocycles. The number of benzene rings is 1. The molecule has 1 N–H and O–H groups in total. The summed E-state index contributed by atoms with van der Waals surface area (Å²) in [7, 11) is 0. The molecule has 2 nitrogen and oxygen atoms in total. The number of hydrogen-bond donors (Lipinski definition) is 1. The van der Waals surface area contributed by atoms with Crippen molar-refractivity contribution in [2.24, 2.45) is 5.41 Å². The van der Waals surface area contributed by atoms with Crippen molar-refractivity contribution in [3.8, 4) is 0 Å². The van der Waals surface area contributed by atoms with Crippen LogP contribution in [-0.2, 0) is 6.54 Å². The molecule has 2 aromatic rings. The Morgan fingerprint density at radius 2 is 1.81 bits per heavy atom. The Kier molecular flexibility index (Phi) is 4.74. The molecule has 0 fully saturated rings. The fraction of sp³-hybridized carbons (Fsp3) is 0.500. The van der Waals surface area contributed by atoms with Gasteiger partial charge in [0.2, 0.25) is 0 Å². The lowest BCUT2D eigenvalue weighted by molar-refractivity contribution is 0.241. The lowest BCUT2D eigenvalue weighted by Gasteiger charge is -2.33. The van der Waals surface area contributed by atoms with Gasteiger partial charge in [-0.05, 0) is 43.4 Å². The zero-order valence-electron chi connectivity index (χ0n) is 13.6. The molecule has 1 aromatic carbocycles. The molecule has 114 valence electrons. The highest BCUT2D eigenvalue weighted by Crippen LogP contribution is 2.28. The molecule has 0 unspecified atom stereocenters. The van der Waals surface area contributed by atoms with Gasteiger partial charge in [0.1, 0.15) is 0 Å². The molecule has 0 aliphatic carbocycles. The van der Waals surface area contributed by atoms with Crippen LogP contribution in [0.4, 0.5) is 0 Å². The highest BCUT2D eigenvalue weighted by molar-refractivity contribution is 9.10. The monoisotopic (exact) mass is 348 g/mol. The summed E-state index contributed by atoms with van der Waals surface area (Å²) in [5.41, 5.74) is 2.74. The number of aromatic nitrogens is 1. The lowest BCUT2D eigenvalue weighted by Crippen LogP contribution is -2.41. The van der Waals surface area contributed by atoms with E-state index in [0.717, 1.165) is 23.0 Å². The van der Waals surface area contributed by atoms with Crippen molar-refractivity contribution < 1.29 is 0 Å². The Balaban J connectivity index is 2.19. The highest BCUT2D eigenvalue weighted by Gasteiger charge is 2.25. The maximum Gasteiger partial charge on any atom is 0.0758 e. The van der Waals surface area contributed by atoms with Crippen molar-refractivity contribution in [2.45, 2.75) is 53.1 Å². The zero-order valence-corrected chi connectivity index (χ0v) is 15.2. The summed E-state index contributed by atoms with van der Waals surface area (Å²) in [4.78, 5) is 4.55. The minimum Gasteiger partial charge on any atom is -0.308 e. The molecule has 21 heavy (non-hydrogen) atoms. The number of rotatable bonds is 4. The van der Waals surface area contributed by atoms with Gasteiger partial charge >= 0.3 is 0 Å². The average molecular weight is 349 g/mol. The van der Waals surface area contributed by atoms with Gasteiger partial charge in [-0.1, -0.05) is 48.8 Å². The fourth-order valence-electron chi connectivity index (χ4n) is 3.06. The molecule has 0 atom stereocenters. The predicted molar refractivity (Wildman–Crippen MR) is 94.4 cm³/mol. The maximum atomic E-state index is 4.55. The summed E-state index contributed by atoms with van der Waals surface area (Å²) in [6.07, 6.45) is 2.99. The van der Waals surface area contributed by atoms with Crippen LogP contribution in [0.15, 0.2) is 34.9 Å². The van der Waals surface area contributed by atoms with Gasteiger partial charge in [0.15, 0.2) is 0 Å². The van der Waals surface area contributed by atoms with Gasteiger partial charge < -0.3 is 5.32 Å². The highest BCUT2D eigenvalue weighted by atomic mass is 79.9. The van der Waals surface area contributed by atoms with E-state index in [4.69, 9.17) is 0 Å². The predicted octanol–water partition coefficient (Wildman–Crippen LogP) is 5.30. The number of fused-ring (bicyclic) bond motifs is 1. The molecule has 2 rings (SSSR count). The van der Waals surface area contributed by atoms with Gasteiger partial charge in [0, 0.05) is 28.1 Å². The third-order valence-electron chi connectivity index (χ3n) is 3.53. The van der Waals surface area contributed by atoms with Crippen LogP contribution >= 0.6 is 15.9 Å². The smallest absolute Gasteiger partial charge is 0.0758 e. The molecular weight excluding hydrogens is 324 g/mol. The van der Waals surface area contributed by atoms with E-state index < -0.39 is 0 Å². The largest absolute Gasteiger partial charge is 0.308 e. The Morgan fingerprint density at radius 1 is 1.10 bits per heavy atom. The van der Waals surface area contributed by atoms with Crippen LogP contribution in [0.25, 0.3) is 10.9 Å². The summed E-state index contributed by atoms with van der Waals surface area (Å²) >= 11 is 3.60. The topological polar surface area (TPSA) is 24.9 Å². The number of hydrogen-bond acceptors (Lipinski definition) is 2. The Labute approximate surface area is 136 Å². The van der Waals surface area contributed by atoms with Crippen molar-refractivity contribution in [2.75, 3.05) is 0 Å². The van der Waals surface area contributed by atoms with Crippen molar-refractivity contribution in [3.63, 3.8) is 0 Å². The van der Waals surface area contributed by atoms with Gasteiger partial charge in [0.05, 0.1) is 5.52 Å².